The molecule has 0 fully saturated rings. The van der Waals surface area contributed by atoms with Crippen molar-refractivity contribution in [1.82, 2.24) is 14.5 Å². The highest BCUT2D eigenvalue weighted by Gasteiger charge is 2.36. The number of hydrogen-bond acceptors (Lipinski definition) is 5. The van der Waals surface area contributed by atoms with Crippen molar-refractivity contribution >= 4 is 34.7 Å². The van der Waals surface area contributed by atoms with Gasteiger partial charge in [0.05, 0.1) is 22.8 Å². The van der Waals surface area contributed by atoms with Gasteiger partial charge >= 0.3 is 12.2 Å². The number of hydrazone groups is 1. The standard InChI is InChI=1S/C25H26F3N5O3S/c1-31-11-3-5-20(31)21-15-19(22-6-4-14-37-22)30-33(21)23(34)16-32(12-13-36-2)24(35)29-18-9-7-17(8-10-18)25(26,27)28/h3-11,14,21H,12-13,15-16H2,1-2H3,(H,29,35)/t21-/m0/s1. The van der Waals surface area contributed by atoms with Gasteiger partial charge < -0.3 is 19.5 Å². The van der Waals surface area contributed by atoms with E-state index in [2.05, 4.69) is 10.4 Å². The normalized spacial score (nSPS) is 15.5. The second kappa shape index (κ2) is 11.2. The fourth-order valence-electron chi connectivity index (χ4n) is 4.02. The summed E-state index contributed by atoms with van der Waals surface area (Å²) in [4.78, 5) is 28.7. The van der Waals surface area contributed by atoms with E-state index in [9.17, 15) is 22.8 Å². The van der Waals surface area contributed by atoms with Crippen LogP contribution in [0.3, 0.4) is 0 Å². The summed E-state index contributed by atoms with van der Waals surface area (Å²) < 4.78 is 45.6. The number of amides is 3. The van der Waals surface area contributed by atoms with Gasteiger partial charge in [-0.2, -0.15) is 18.3 Å². The molecule has 1 N–H and O–H groups in total. The highest BCUT2D eigenvalue weighted by atomic mass is 32.1. The molecule has 0 spiro atoms. The van der Waals surface area contributed by atoms with Gasteiger partial charge in [-0.25, -0.2) is 9.80 Å². The highest BCUT2D eigenvalue weighted by Crippen LogP contribution is 2.34. The molecule has 0 bridgehead atoms. The molecule has 0 saturated heterocycles. The monoisotopic (exact) mass is 533 g/mol. The average molecular weight is 534 g/mol. The van der Waals surface area contributed by atoms with Gasteiger partial charge in [-0.05, 0) is 47.8 Å². The van der Waals surface area contributed by atoms with Crippen LogP contribution in [0.1, 0.15) is 28.6 Å². The Bertz CT molecular complexity index is 1260. The second-order valence-corrected chi connectivity index (χ2v) is 9.39. The van der Waals surface area contributed by atoms with E-state index >= 15 is 0 Å². The third kappa shape index (κ3) is 6.20. The number of urea groups is 1. The SMILES string of the molecule is COCCN(CC(=O)N1N=C(c2cccs2)C[C@H]1c1cccn1C)C(=O)Nc1ccc(C(F)(F)F)cc1. The second-order valence-electron chi connectivity index (χ2n) is 8.45. The number of hydrogen-bond donors (Lipinski definition) is 1. The summed E-state index contributed by atoms with van der Waals surface area (Å²) in [5, 5.41) is 10.5. The molecule has 1 aliphatic rings. The Hall–Kier alpha value is -3.64. The van der Waals surface area contributed by atoms with E-state index in [1.54, 1.807) is 0 Å². The van der Waals surface area contributed by atoms with E-state index in [-0.39, 0.29) is 31.4 Å². The number of aromatic nitrogens is 1. The number of carbonyl (C=O) groups is 2. The van der Waals surface area contributed by atoms with Crippen LogP contribution in [0.5, 0.6) is 0 Å². The number of anilines is 1. The molecule has 37 heavy (non-hydrogen) atoms. The molecule has 1 aromatic carbocycles. The Morgan fingerprint density at radius 2 is 1.95 bits per heavy atom. The number of aryl methyl sites for hydroxylation is 1. The fraction of sp³-hybridized carbons (Fsp3) is 0.320. The molecule has 1 atom stereocenters. The zero-order chi connectivity index (χ0) is 26.6. The lowest BCUT2D eigenvalue weighted by Gasteiger charge is -2.27. The molecule has 4 rings (SSSR count). The molecule has 0 radical (unpaired) electrons. The molecule has 0 aliphatic carbocycles. The van der Waals surface area contributed by atoms with Crippen molar-refractivity contribution in [2.24, 2.45) is 12.1 Å². The minimum atomic E-state index is -4.48. The largest absolute Gasteiger partial charge is 0.416 e. The average Bonchev–Trinajstić information content (AvgIpc) is 3.61. The maximum absolute atomic E-state index is 13.5. The van der Waals surface area contributed by atoms with Crippen molar-refractivity contribution in [3.05, 3.63) is 76.2 Å². The topological polar surface area (TPSA) is 79.2 Å². The quantitative estimate of drug-likeness (QED) is 0.445. The number of ether oxygens (including phenoxy) is 1. The van der Waals surface area contributed by atoms with Crippen LogP contribution in [0, 0.1) is 0 Å². The molecule has 0 unspecified atom stereocenters. The first-order chi connectivity index (χ1) is 17.7. The van der Waals surface area contributed by atoms with Crippen LogP contribution < -0.4 is 5.32 Å². The van der Waals surface area contributed by atoms with Crippen molar-refractivity contribution in [1.29, 1.82) is 0 Å². The molecule has 3 aromatic rings. The van der Waals surface area contributed by atoms with Gasteiger partial charge in [-0.3, -0.25) is 4.79 Å². The molecular formula is C25H26F3N5O3S. The number of methoxy groups -OCH3 is 1. The van der Waals surface area contributed by atoms with E-state index in [1.807, 2.05) is 47.5 Å². The van der Waals surface area contributed by atoms with Gasteiger partial charge in [0.2, 0.25) is 0 Å². The lowest BCUT2D eigenvalue weighted by Crippen LogP contribution is -2.44. The summed E-state index contributed by atoms with van der Waals surface area (Å²) >= 11 is 1.53. The van der Waals surface area contributed by atoms with Crippen LogP contribution >= 0.6 is 11.3 Å². The van der Waals surface area contributed by atoms with E-state index in [0.717, 1.165) is 28.4 Å². The predicted octanol–water partition coefficient (Wildman–Crippen LogP) is 4.96. The van der Waals surface area contributed by atoms with Gasteiger partial charge in [0.1, 0.15) is 12.6 Å². The highest BCUT2D eigenvalue weighted by molar-refractivity contribution is 7.12. The van der Waals surface area contributed by atoms with E-state index in [1.165, 1.54) is 40.5 Å². The van der Waals surface area contributed by atoms with Crippen LogP contribution in [0.25, 0.3) is 0 Å². The molecule has 8 nitrogen and oxygen atoms in total. The van der Waals surface area contributed by atoms with Crippen molar-refractivity contribution in [3.63, 3.8) is 0 Å². The number of rotatable bonds is 8. The van der Waals surface area contributed by atoms with Gasteiger partial charge in [0.25, 0.3) is 5.91 Å². The zero-order valence-electron chi connectivity index (χ0n) is 20.2. The molecule has 2 aromatic heterocycles. The summed E-state index contributed by atoms with van der Waals surface area (Å²) in [6.45, 7) is -0.0322. The van der Waals surface area contributed by atoms with Crippen LogP contribution in [-0.2, 0) is 22.8 Å². The Labute approximate surface area is 215 Å². The molecule has 0 saturated carbocycles. The lowest BCUT2D eigenvalue weighted by molar-refractivity contribution is -0.137. The van der Waals surface area contributed by atoms with Crippen LogP contribution in [-0.4, -0.2) is 58.9 Å². The van der Waals surface area contributed by atoms with Gasteiger partial charge in [0.15, 0.2) is 0 Å². The third-order valence-corrected chi connectivity index (χ3v) is 6.86. The minimum Gasteiger partial charge on any atom is -0.383 e. The number of thiophene rings is 1. The summed E-state index contributed by atoms with van der Waals surface area (Å²) in [6.07, 6.45) is -2.06. The molecule has 3 amide bonds. The number of nitrogens with zero attached hydrogens (tertiary/aromatic N) is 4. The van der Waals surface area contributed by atoms with Gasteiger partial charge in [0, 0.05) is 44.7 Å². The number of alkyl halides is 3. The Morgan fingerprint density at radius 1 is 1.19 bits per heavy atom. The summed E-state index contributed by atoms with van der Waals surface area (Å²) in [6, 6.07) is 10.8. The lowest BCUT2D eigenvalue weighted by atomic mass is 10.1. The Balaban J connectivity index is 1.52. The summed E-state index contributed by atoms with van der Waals surface area (Å²) in [7, 11) is 3.36. The van der Waals surface area contributed by atoms with Gasteiger partial charge in [-0.15, -0.1) is 11.3 Å². The number of benzene rings is 1. The predicted molar refractivity (Wildman–Crippen MR) is 134 cm³/mol. The first-order valence-electron chi connectivity index (χ1n) is 11.4. The van der Waals surface area contributed by atoms with Crippen LogP contribution in [0.2, 0.25) is 0 Å². The molecule has 3 heterocycles. The van der Waals surface area contributed by atoms with E-state index < -0.39 is 23.7 Å². The zero-order valence-corrected chi connectivity index (χ0v) is 21.1. The van der Waals surface area contributed by atoms with Crippen molar-refractivity contribution in [3.8, 4) is 0 Å². The molecule has 1 aliphatic heterocycles. The number of nitrogens with one attached hydrogen (secondary N) is 1. The van der Waals surface area contributed by atoms with Crippen molar-refractivity contribution in [2.45, 2.75) is 18.6 Å². The Morgan fingerprint density at radius 3 is 2.54 bits per heavy atom. The molecule has 12 heteroatoms. The summed E-state index contributed by atoms with van der Waals surface area (Å²) in [5.74, 6) is -0.392. The molecule has 196 valence electrons. The smallest absolute Gasteiger partial charge is 0.383 e. The number of halogens is 3. The maximum atomic E-state index is 13.5. The van der Waals surface area contributed by atoms with Crippen LogP contribution in [0.4, 0.5) is 23.7 Å². The third-order valence-electron chi connectivity index (χ3n) is 5.94. The van der Waals surface area contributed by atoms with Crippen molar-refractivity contribution < 1.29 is 27.5 Å². The van der Waals surface area contributed by atoms with E-state index in [0.29, 0.717) is 6.42 Å². The first kappa shape index (κ1) is 26.4. The van der Waals surface area contributed by atoms with Crippen molar-refractivity contribution in [2.75, 3.05) is 32.1 Å². The fourth-order valence-corrected chi connectivity index (χ4v) is 4.74. The maximum Gasteiger partial charge on any atom is 0.416 e. The van der Waals surface area contributed by atoms with Gasteiger partial charge in [-0.1, -0.05) is 6.07 Å². The summed E-state index contributed by atoms with van der Waals surface area (Å²) in [5.41, 5.74) is 1.04. The first-order valence-corrected chi connectivity index (χ1v) is 12.3. The van der Waals surface area contributed by atoms with E-state index in [4.69, 9.17) is 4.74 Å². The van der Waals surface area contributed by atoms with Crippen LogP contribution in [0.15, 0.2) is 65.2 Å². The minimum absolute atomic E-state index is 0.0961. The molecular weight excluding hydrogens is 507 g/mol. The number of carbonyl (C=O) groups excluding carboxylic acids is 2. The Kier molecular flexibility index (Phi) is 7.98.